The Kier molecular flexibility index (Phi) is 8.62. The molecule has 0 aromatic rings. The van der Waals surface area contributed by atoms with Gasteiger partial charge < -0.3 is 0 Å². The molecule has 0 aliphatic rings. The van der Waals surface area contributed by atoms with Crippen molar-refractivity contribution < 1.29 is 119 Å². The first-order valence-electron chi connectivity index (χ1n) is 8.39. The van der Waals surface area contributed by atoms with Crippen LogP contribution in [0.4, 0.5) is 119 Å². The van der Waals surface area contributed by atoms with Crippen molar-refractivity contribution in [1.82, 2.24) is 0 Å². The Balaban J connectivity index is 7.41. The second-order valence-electron chi connectivity index (χ2n) is 7.44. The molecule has 0 amide bonds. The SMILES string of the molecule is NC(F)(F)C(F)(F)C(F)(F)C(F)(F)C(F)(F)C(F)(F)C(F)(F)C(F)(F)C(F)(F)C(F)(F)C(F)(F)C(F)(F)C(F)(F)F. The van der Waals surface area contributed by atoms with Gasteiger partial charge in [0.1, 0.15) is 0 Å². The van der Waals surface area contributed by atoms with Crippen LogP contribution < -0.4 is 5.73 Å². The van der Waals surface area contributed by atoms with Crippen LogP contribution in [0.5, 0.6) is 0 Å². The van der Waals surface area contributed by atoms with Gasteiger partial charge in [-0.3, -0.25) is 5.73 Å². The molecular weight excluding hydrogens is 683 g/mol. The second kappa shape index (κ2) is 9.04. The number of rotatable bonds is 11. The van der Waals surface area contributed by atoms with E-state index in [1.54, 1.807) is 0 Å². The standard InChI is InChI=1S/C13H2F27N/c14-1(15,2(16,17)4(20,21)6(24,25)8(28,29)10(32,33)12(36,37)38)3(18,19)5(22,23)7(26,27)9(30,31)11(34,35)13(39,40)41/h41H2. The first kappa shape index (κ1) is 39.1. The Morgan fingerprint density at radius 1 is 0.195 bits per heavy atom. The molecule has 41 heavy (non-hydrogen) atoms. The van der Waals surface area contributed by atoms with Crippen molar-refractivity contribution in [3.05, 3.63) is 0 Å². The number of nitrogens with two attached hydrogens (primary N) is 1. The molecule has 248 valence electrons. The smallest absolute Gasteiger partial charge is 0.267 e. The monoisotopic (exact) mass is 685 g/mol. The van der Waals surface area contributed by atoms with Gasteiger partial charge in [-0.15, -0.1) is 0 Å². The fourth-order valence-electron chi connectivity index (χ4n) is 2.16. The van der Waals surface area contributed by atoms with Gasteiger partial charge in [0.05, 0.1) is 0 Å². The van der Waals surface area contributed by atoms with Crippen molar-refractivity contribution in [2.75, 3.05) is 0 Å². The van der Waals surface area contributed by atoms with Crippen LogP contribution in [-0.4, -0.2) is 77.4 Å². The van der Waals surface area contributed by atoms with Crippen molar-refractivity contribution in [2.24, 2.45) is 5.73 Å². The number of hydrogen-bond donors (Lipinski definition) is 1. The van der Waals surface area contributed by atoms with Crippen LogP contribution in [0.1, 0.15) is 0 Å². The van der Waals surface area contributed by atoms with E-state index in [-0.39, 0.29) is 0 Å². The molecular formula is C13H2F27N. The number of hydrogen-bond acceptors (Lipinski definition) is 1. The molecule has 0 fully saturated rings. The quantitative estimate of drug-likeness (QED) is 0.173. The molecule has 0 spiro atoms. The molecule has 0 aromatic carbocycles. The third kappa shape index (κ3) is 4.40. The van der Waals surface area contributed by atoms with Gasteiger partial charge in [-0.1, -0.05) is 0 Å². The number of halogens is 27. The van der Waals surface area contributed by atoms with Crippen molar-refractivity contribution in [2.45, 2.75) is 77.4 Å². The Hall–Kier alpha value is -1.93. The number of alkyl halides is 27. The molecule has 0 aliphatic heterocycles. The van der Waals surface area contributed by atoms with E-state index in [0.29, 0.717) is 0 Å². The Labute approximate surface area is 203 Å². The maximum absolute atomic E-state index is 13.5. The van der Waals surface area contributed by atoms with E-state index < -0.39 is 77.4 Å². The van der Waals surface area contributed by atoms with E-state index in [2.05, 4.69) is 5.73 Å². The minimum atomic E-state index is -9.76. The summed E-state index contributed by atoms with van der Waals surface area (Å²) in [5.74, 6) is -102. The molecule has 0 atom stereocenters. The maximum Gasteiger partial charge on any atom is 0.460 e. The van der Waals surface area contributed by atoms with Gasteiger partial charge in [0.25, 0.3) is 0 Å². The minimum absolute atomic E-state index is 2.92. The van der Waals surface area contributed by atoms with E-state index in [0.717, 1.165) is 0 Å². The molecule has 0 aliphatic carbocycles. The van der Waals surface area contributed by atoms with Gasteiger partial charge in [0.15, 0.2) is 0 Å². The topological polar surface area (TPSA) is 26.0 Å². The highest BCUT2D eigenvalue weighted by molar-refractivity contribution is 5.20. The lowest BCUT2D eigenvalue weighted by molar-refractivity contribution is -0.484. The summed E-state index contributed by atoms with van der Waals surface area (Å²) in [5.41, 5.74) is 2.92. The highest BCUT2D eigenvalue weighted by atomic mass is 19.4. The first-order valence-corrected chi connectivity index (χ1v) is 8.39. The van der Waals surface area contributed by atoms with E-state index in [1.807, 2.05) is 0 Å². The average Bonchev–Trinajstić information content (AvgIpc) is 2.70. The Morgan fingerprint density at radius 2 is 0.317 bits per heavy atom. The highest BCUT2D eigenvalue weighted by Crippen LogP contribution is 2.68. The Morgan fingerprint density at radius 3 is 0.439 bits per heavy atom. The molecule has 0 saturated heterocycles. The molecule has 0 aromatic heterocycles. The van der Waals surface area contributed by atoms with E-state index in [4.69, 9.17) is 0 Å². The molecule has 0 saturated carbocycles. The fraction of sp³-hybridized carbons (Fsp3) is 1.00. The maximum atomic E-state index is 13.5. The summed E-state index contributed by atoms with van der Waals surface area (Å²) in [6.07, 6.45) is -8.23. The van der Waals surface area contributed by atoms with Gasteiger partial charge in [-0.2, -0.15) is 119 Å². The summed E-state index contributed by atoms with van der Waals surface area (Å²) >= 11 is 0. The highest BCUT2D eigenvalue weighted by Gasteiger charge is 3.00. The van der Waals surface area contributed by atoms with Crippen LogP contribution in [0.2, 0.25) is 0 Å². The van der Waals surface area contributed by atoms with E-state index in [1.165, 1.54) is 0 Å². The molecule has 0 bridgehead atoms. The minimum Gasteiger partial charge on any atom is -0.267 e. The summed E-state index contributed by atoms with van der Waals surface area (Å²) in [6.45, 7) is 0. The van der Waals surface area contributed by atoms with Crippen LogP contribution in [0.15, 0.2) is 0 Å². The van der Waals surface area contributed by atoms with Crippen molar-refractivity contribution >= 4 is 0 Å². The summed E-state index contributed by atoms with van der Waals surface area (Å²) in [5, 5.41) is 0. The normalized spacial score (nSPS) is 17.3. The molecule has 0 unspecified atom stereocenters. The summed E-state index contributed by atoms with van der Waals surface area (Å²) in [7, 11) is 0. The largest absolute Gasteiger partial charge is 0.460 e. The zero-order valence-electron chi connectivity index (χ0n) is 17.3. The second-order valence-corrected chi connectivity index (χ2v) is 7.44. The fourth-order valence-corrected chi connectivity index (χ4v) is 2.16. The van der Waals surface area contributed by atoms with E-state index in [9.17, 15) is 119 Å². The van der Waals surface area contributed by atoms with Crippen molar-refractivity contribution in [3.63, 3.8) is 0 Å². The van der Waals surface area contributed by atoms with Crippen molar-refractivity contribution in [1.29, 1.82) is 0 Å². The van der Waals surface area contributed by atoms with Gasteiger partial charge in [-0.25, -0.2) is 0 Å². The molecule has 2 N–H and O–H groups in total. The van der Waals surface area contributed by atoms with Crippen LogP contribution in [0.25, 0.3) is 0 Å². The van der Waals surface area contributed by atoms with Crippen molar-refractivity contribution in [3.8, 4) is 0 Å². The van der Waals surface area contributed by atoms with Gasteiger partial charge in [-0.05, 0) is 0 Å². The predicted octanol–water partition coefficient (Wildman–Crippen LogP) is 8.09. The Bertz CT molecular complexity index is 885. The molecule has 0 radical (unpaired) electrons. The third-order valence-corrected chi connectivity index (χ3v) is 4.72. The zero-order chi connectivity index (χ0) is 34.5. The lowest BCUT2D eigenvalue weighted by Gasteiger charge is -2.45. The zero-order valence-corrected chi connectivity index (χ0v) is 17.3. The lowest BCUT2D eigenvalue weighted by atomic mass is 9.84. The van der Waals surface area contributed by atoms with Crippen LogP contribution in [0, 0.1) is 0 Å². The van der Waals surface area contributed by atoms with Crippen LogP contribution in [0.3, 0.4) is 0 Å². The summed E-state index contributed by atoms with van der Waals surface area (Å²) < 4.78 is 351. The molecule has 0 heterocycles. The average molecular weight is 685 g/mol. The summed E-state index contributed by atoms with van der Waals surface area (Å²) in [4.78, 5) is 0. The molecule has 28 heteroatoms. The molecule has 0 rings (SSSR count). The van der Waals surface area contributed by atoms with Crippen LogP contribution >= 0.6 is 0 Å². The lowest BCUT2D eigenvalue weighted by Crippen LogP contribution is -2.79. The first-order chi connectivity index (χ1) is 17.0. The third-order valence-electron chi connectivity index (χ3n) is 4.72. The van der Waals surface area contributed by atoms with E-state index >= 15 is 0 Å². The summed E-state index contributed by atoms with van der Waals surface area (Å²) in [6, 6.07) is -7.25. The van der Waals surface area contributed by atoms with Crippen LogP contribution in [-0.2, 0) is 0 Å². The predicted molar refractivity (Wildman–Crippen MR) is 69.6 cm³/mol. The van der Waals surface area contributed by atoms with Gasteiger partial charge in [0.2, 0.25) is 0 Å². The van der Waals surface area contributed by atoms with Gasteiger partial charge in [0, 0.05) is 0 Å². The molecule has 1 nitrogen and oxygen atoms in total. The van der Waals surface area contributed by atoms with Gasteiger partial charge >= 0.3 is 77.4 Å².